The summed E-state index contributed by atoms with van der Waals surface area (Å²) in [5.41, 5.74) is 4.85. The van der Waals surface area contributed by atoms with Crippen LogP contribution < -0.4 is 5.32 Å². The maximum Gasteiger partial charge on any atom is 0.276 e. The highest BCUT2D eigenvalue weighted by molar-refractivity contribution is 6.31. The minimum absolute atomic E-state index is 0.0302. The summed E-state index contributed by atoms with van der Waals surface area (Å²) in [6.07, 6.45) is 2.72. The van der Waals surface area contributed by atoms with Crippen LogP contribution in [0.4, 0.5) is 5.69 Å². The molecule has 0 saturated heterocycles. The van der Waals surface area contributed by atoms with Crippen molar-refractivity contribution in [3.8, 4) is 11.4 Å². The van der Waals surface area contributed by atoms with Crippen molar-refractivity contribution >= 4 is 23.2 Å². The molecule has 5 nitrogen and oxygen atoms in total. The molecule has 132 valence electrons. The average molecular weight is 368 g/mol. The Labute approximate surface area is 156 Å². The number of carbonyl (C=O) groups excluding carboxylic acids is 1. The van der Waals surface area contributed by atoms with Crippen molar-refractivity contribution in [3.63, 3.8) is 0 Å². The van der Waals surface area contributed by atoms with Gasteiger partial charge in [-0.25, -0.2) is 4.68 Å². The number of nitrogens with zero attached hydrogens (tertiary/aromatic N) is 2. The number of phenolic OH excluding ortho intramolecular Hbond substituents is 1. The summed E-state index contributed by atoms with van der Waals surface area (Å²) in [4.78, 5) is 12.8. The van der Waals surface area contributed by atoms with E-state index in [0.29, 0.717) is 10.7 Å². The van der Waals surface area contributed by atoms with Crippen LogP contribution >= 0.6 is 11.6 Å². The molecular formula is C20H18ClN3O2. The number of hydrogen-bond donors (Lipinski definition) is 2. The lowest BCUT2D eigenvalue weighted by Gasteiger charge is -2.07. The van der Waals surface area contributed by atoms with Crippen molar-refractivity contribution in [1.82, 2.24) is 9.78 Å². The Kier molecular flexibility index (Phi) is 4.17. The van der Waals surface area contributed by atoms with Gasteiger partial charge in [0.2, 0.25) is 0 Å². The number of benzene rings is 2. The van der Waals surface area contributed by atoms with E-state index in [-0.39, 0.29) is 17.3 Å². The predicted octanol–water partition coefficient (Wildman–Crippen LogP) is 4.28. The lowest BCUT2D eigenvalue weighted by molar-refractivity contribution is 0.102. The van der Waals surface area contributed by atoms with E-state index >= 15 is 0 Å². The normalized spacial score (nSPS) is 12.8. The highest BCUT2D eigenvalue weighted by Gasteiger charge is 2.27. The maximum absolute atomic E-state index is 12.8. The third kappa shape index (κ3) is 2.95. The molecule has 0 bridgehead atoms. The first-order valence-electron chi connectivity index (χ1n) is 8.50. The van der Waals surface area contributed by atoms with E-state index in [1.165, 1.54) is 17.7 Å². The van der Waals surface area contributed by atoms with Gasteiger partial charge in [-0.3, -0.25) is 4.79 Å². The number of carbonyl (C=O) groups is 1. The second-order valence-corrected chi connectivity index (χ2v) is 6.93. The maximum atomic E-state index is 12.8. The molecule has 26 heavy (non-hydrogen) atoms. The Morgan fingerprint density at radius 1 is 1.19 bits per heavy atom. The molecule has 0 saturated carbocycles. The van der Waals surface area contributed by atoms with Gasteiger partial charge in [0.05, 0.1) is 11.4 Å². The van der Waals surface area contributed by atoms with Gasteiger partial charge in [0.1, 0.15) is 5.75 Å². The molecule has 0 fully saturated rings. The number of hydrogen-bond acceptors (Lipinski definition) is 3. The van der Waals surface area contributed by atoms with E-state index in [2.05, 4.69) is 10.4 Å². The molecule has 0 unspecified atom stereocenters. The van der Waals surface area contributed by atoms with E-state index in [1.807, 2.05) is 35.9 Å². The van der Waals surface area contributed by atoms with Crippen LogP contribution in [-0.2, 0) is 12.8 Å². The summed E-state index contributed by atoms with van der Waals surface area (Å²) in [6.45, 7) is 2.04. The molecule has 2 N–H and O–H groups in total. The molecule has 2 aromatic carbocycles. The molecule has 0 radical (unpaired) electrons. The number of rotatable bonds is 3. The molecule has 4 rings (SSSR count). The van der Waals surface area contributed by atoms with Gasteiger partial charge in [-0.05, 0) is 56.5 Å². The Bertz CT molecular complexity index is 993. The summed E-state index contributed by atoms with van der Waals surface area (Å²) in [6, 6.07) is 12.6. The third-order valence-electron chi connectivity index (χ3n) is 4.63. The van der Waals surface area contributed by atoms with Crippen molar-refractivity contribution in [2.24, 2.45) is 0 Å². The summed E-state index contributed by atoms with van der Waals surface area (Å²) in [7, 11) is 0. The number of phenols is 1. The first-order chi connectivity index (χ1) is 12.5. The van der Waals surface area contributed by atoms with Gasteiger partial charge in [0.25, 0.3) is 5.91 Å². The number of aromatic hydroxyl groups is 1. The molecule has 3 aromatic rings. The van der Waals surface area contributed by atoms with E-state index in [0.717, 1.165) is 36.2 Å². The quantitative estimate of drug-likeness (QED) is 0.679. The summed E-state index contributed by atoms with van der Waals surface area (Å²) >= 11 is 5.95. The molecule has 0 spiro atoms. The summed E-state index contributed by atoms with van der Waals surface area (Å²) < 4.78 is 1.86. The monoisotopic (exact) mass is 367 g/mol. The topological polar surface area (TPSA) is 67.2 Å². The summed E-state index contributed by atoms with van der Waals surface area (Å²) in [5, 5.41) is 17.7. The van der Waals surface area contributed by atoms with E-state index < -0.39 is 0 Å². The van der Waals surface area contributed by atoms with Gasteiger partial charge in [0, 0.05) is 16.3 Å². The van der Waals surface area contributed by atoms with Crippen LogP contribution in [0.15, 0.2) is 42.5 Å². The predicted molar refractivity (Wildman–Crippen MR) is 101 cm³/mol. The van der Waals surface area contributed by atoms with Gasteiger partial charge < -0.3 is 10.4 Å². The van der Waals surface area contributed by atoms with Crippen molar-refractivity contribution in [2.45, 2.75) is 26.2 Å². The first-order valence-corrected chi connectivity index (χ1v) is 8.88. The highest BCUT2D eigenvalue weighted by Crippen LogP contribution is 2.30. The Hall–Kier alpha value is -2.79. The number of anilines is 1. The average Bonchev–Trinajstić information content (AvgIpc) is 3.21. The fourth-order valence-corrected chi connectivity index (χ4v) is 3.48. The first kappa shape index (κ1) is 16.7. The van der Waals surface area contributed by atoms with Crippen LogP contribution in [0, 0.1) is 6.92 Å². The fourth-order valence-electron chi connectivity index (χ4n) is 3.31. The van der Waals surface area contributed by atoms with Crippen molar-refractivity contribution < 1.29 is 9.90 Å². The number of fused-ring (bicyclic) bond motifs is 1. The number of aromatic nitrogens is 2. The SMILES string of the molecule is Cc1ccc(-n2nc(C(=O)Nc3cc(Cl)ccc3O)c3c2CCC3)cc1. The Morgan fingerprint density at radius 3 is 2.73 bits per heavy atom. The molecular weight excluding hydrogens is 350 g/mol. The Morgan fingerprint density at radius 2 is 1.96 bits per heavy atom. The van der Waals surface area contributed by atoms with E-state index in [9.17, 15) is 9.90 Å². The van der Waals surface area contributed by atoms with Crippen molar-refractivity contribution in [2.75, 3.05) is 5.32 Å². The van der Waals surface area contributed by atoms with Crippen LogP contribution in [0.3, 0.4) is 0 Å². The molecule has 6 heteroatoms. The standard InChI is InChI=1S/C20H18ClN3O2/c1-12-5-8-14(9-6-12)24-17-4-2-3-15(17)19(23-24)20(26)22-16-11-13(21)7-10-18(16)25/h5-11,25H,2-4H2,1H3,(H,22,26). The Balaban J connectivity index is 1.71. The minimum atomic E-state index is -0.341. The summed E-state index contributed by atoms with van der Waals surface area (Å²) in [5.74, 6) is -0.371. The van der Waals surface area contributed by atoms with Gasteiger partial charge >= 0.3 is 0 Å². The lowest BCUT2D eigenvalue weighted by atomic mass is 10.2. The number of aryl methyl sites for hydroxylation is 1. The zero-order chi connectivity index (χ0) is 18.3. The largest absolute Gasteiger partial charge is 0.506 e. The van der Waals surface area contributed by atoms with Crippen molar-refractivity contribution in [1.29, 1.82) is 0 Å². The smallest absolute Gasteiger partial charge is 0.276 e. The van der Waals surface area contributed by atoms with Crippen LogP contribution in [0.25, 0.3) is 5.69 Å². The molecule has 1 heterocycles. The molecule has 1 aliphatic rings. The number of amides is 1. The van der Waals surface area contributed by atoms with E-state index in [4.69, 9.17) is 11.6 Å². The van der Waals surface area contributed by atoms with Crippen LogP contribution in [0.1, 0.15) is 33.7 Å². The molecule has 1 aliphatic carbocycles. The minimum Gasteiger partial charge on any atom is -0.506 e. The zero-order valence-electron chi connectivity index (χ0n) is 14.3. The molecule has 1 aromatic heterocycles. The molecule has 0 aliphatic heterocycles. The fraction of sp³-hybridized carbons (Fsp3) is 0.200. The second-order valence-electron chi connectivity index (χ2n) is 6.49. The molecule has 0 atom stereocenters. The number of nitrogens with one attached hydrogen (secondary N) is 1. The zero-order valence-corrected chi connectivity index (χ0v) is 15.0. The number of halogens is 1. The third-order valence-corrected chi connectivity index (χ3v) is 4.87. The van der Waals surface area contributed by atoms with Crippen LogP contribution in [0.2, 0.25) is 5.02 Å². The van der Waals surface area contributed by atoms with Crippen LogP contribution in [-0.4, -0.2) is 20.8 Å². The van der Waals surface area contributed by atoms with Gasteiger partial charge in [0.15, 0.2) is 5.69 Å². The van der Waals surface area contributed by atoms with E-state index in [1.54, 1.807) is 6.07 Å². The molecule has 1 amide bonds. The van der Waals surface area contributed by atoms with Crippen molar-refractivity contribution in [3.05, 3.63) is 70.0 Å². The van der Waals surface area contributed by atoms with Gasteiger partial charge in [-0.15, -0.1) is 0 Å². The van der Waals surface area contributed by atoms with Crippen LogP contribution in [0.5, 0.6) is 5.75 Å². The second kappa shape index (κ2) is 6.50. The highest BCUT2D eigenvalue weighted by atomic mass is 35.5. The lowest BCUT2D eigenvalue weighted by Crippen LogP contribution is -2.15. The van der Waals surface area contributed by atoms with Gasteiger partial charge in [-0.2, -0.15) is 5.10 Å². The van der Waals surface area contributed by atoms with Gasteiger partial charge in [-0.1, -0.05) is 29.3 Å².